The fraction of sp³-hybridized carbons (Fsp3) is 0.217. The molecule has 0 bridgehead atoms. The molecular formula is C23H20F2N4O. The number of aromatic nitrogens is 3. The van der Waals surface area contributed by atoms with Crippen molar-refractivity contribution >= 4 is 16.5 Å². The molecule has 0 amide bonds. The predicted octanol–water partition coefficient (Wildman–Crippen LogP) is 4.40. The Morgan fingerprint density at radius 1 is 1.13 bits per heavy atom. The number of halogens is 2. The van der Waals surface area contributed by atoms with Crippen molar-refractivity contribution in [2.45, 2.75) is 25.3 Å². The van der Waals surface area contributed by atoms with E-state index < -0.39 is 5.82 Å². The first-order chi connectivity index (χ1) is 14.5. The molecule has 152 valence electrons. The lowest BCUT2D eigenvalue weighted by Gasteiger charge is -2.36. The minimum Gasteiger partial charge on any atom is -0.377 e. The lowest BCUT2D eigenvalue weighted by atomic mass is 9.79. The van der Waals surface area contributed by atoms with Crippen molar-refractivity contribution in [3.05, 3.63) is 93.4 Å². The van der Waals surface area contributed by atoms with Gasteiger partial charge in [0.2, 0.25) is 0 Å². The van der Waals surface area contributed by atoms with Crippen LogP contribution < -0.4 is 10.9 Å². The second kappa shape index (κ2) is 6.79. The fourth-order valence-electron chi connectivity index (χ4n) is 4.55. The van der Waals surface area contributed by atoms with Crippen molar-refractivity contribution in [1.82, 2.24) is 14.5 Å². The maximum atomic E-state index is 14.4. The highest BCUT2D eigenvalue weighted by molar-refractivity contribution is 5.98. The van der Waals surface area contributed by atoms with Gasteiger partial charge < -0.3 is 14.9 Å². The van der Waals surface area contributed by atoms with E-state index in [2.05, 4.69) is 15.3 Å². The van der Waals surface area contributed by atoms with Gasteiger partial charge in [-0.15, -0.1) is 0 Å². The second-order valence-corrected chi connectivity index (χ2v) is 7.62. The molecule has 0 saturated heterocycles. The van der Waals surface area contributed by atoms with Crippen molar-refractivity contribution in [1.29, 1.82) is 0 Å². The van der Waals surface area contributed by atoms with Crippen LogP contribution in [0.4, 0.5) is 14.5 Å². The number of anilines is 1. The van der Waals surface area contributed by atoms with Gasteiger partial charge in [-0.25, -0.2) is 13.8 Å². The summed E-state index contributed by atoms with van der Waals surface area (Å²) in [5.41, 5.74) is 2.81. The molecule has 5 nitrogen and oxygen atoms in total. The van der Waals surface area contributed by atoms with Gasteiger partial charge in [0.05, 0.1) is 17.3 Å². The summed E-state index contributed by atoms with van der Waals surface area (Å²) in [6.45, 7) is 1.97. The van der Waals surface area contributed by atoms with E-state index in [1.807, 2.05) is 24.7 Å². The Bertz CT molecular complexity index is 1320. The first-order valence-corrected chi connectivity index (χ1v) is 9.85. The fourth-order valence-corrected chi connectivity index (χ4v) is 4.55. The zero-order chi connectivity index (χ0) is 21.0. The third-order valence-electron chi connectivity index (χ3n) is 5.88. The smallest absolute Gasteiger partial charge is 0.256 e. The van der Waals surface area contributed by atoms with Crippen LogP contribution in [0, 0.1) is 11.6 Å². The Morgan fingerprint density at radius 2 is 1.90 bits per heavy atom. The highest BCUT2D eigenvalue weighted by Gasteiger charge is 2.37. The first-order valence-electron chi connectivity index (χ1n) is 9.85. The number of pyridine rings is 1. The van der Waals surface area contributed by atoms with Crippen LogP contribution in [-0.2, 0) is 13.5 Å². The number of imidazole rings is 1. The number of hydrogen-bond donors (Lipinski definition) is 2. The standard InChI is InChI=1S/C23H20F2N4O/c1-3-16-19-18-15(23(30)28-16)10-14(25)11-17(18)27-21(12-4-6-13(24)7-5-12)20(19)22-26-8-9-29(22)2/h4-11,20-21,27H,3H2,1-2H3,(H,28,30). The van der Waals surface area contributed by atoms with Crippen LogP contribution in [0.25, 0.3) is 10.8 Å². The number of benzene rings is 2. The number of rotatable bonds is 3. The second-order valence-electron chi connectivity index (χ2n) is 7.62. The Labute approximate surface area is 171 Å². The van der Waals surface area contributed by atoms with Gasteiger partial charge in [-0.05, 0) is 41.8 Å². The van der Waals surface area contributed by atoms with E-state index in [4.69, 9.17) is 0 Å². The summed E-state index contributed by atoms with van der Waals surface area (Å²) in [5.74, 6) is -0.271. The van der Waals surface area contributed by atoms with E-state index in [-0.39, 0.29) is 23.3 Å². The van der Waals surface area contributed by atoms with Crippen molar-refractivity contribution < 1.29 is 8.78 Å². The minimum absolute atomic E-state index is 0.261. The van der Waals surface area contributed by atoms with Gasteiger partial charge in [0.15, 0.2) is 0 Å². The van der Waals surface area contributed by atoms with Gasteiger partial charge in [-0.1, -0.05) is 19.1 Å². The quantitative estimate of drug-likeness (QED) is 0.530. The molecule has 0 saturated carbocycles. The van der Waals surface area contributed by atoms with Crippen LogP contribution in [0.3, 0.4) is 0 Å². The number of H-pyrrole nitrogens is 1. The topological polar surface area (TPSA) is 62.7 Å². The van der Waals surface area contributed by atoms with Crippen LogP contribution in [0.5, 0.6) is 0 Å². The van der Waals surface area contributed by atoms with Crippen LogP contribution >= 0.6 is 0 Å². The first kappa shape index (κ1) is 18.5. The molecule has 3 heterocycles. The Hall–Kier alpha value is -3.48. The normalized spacial score (nSPS) is 17.9. The number of nitrogens with zero attached hydrogens (tertiary/aromatic N) is 2. The SMILES string of the molecule is CCc1[nH]c(=O)c2cc(F)cc3c2c1C(c1nccn1C)C(c1ccc(F)cc1)N3. The third-order valence-corrected chi connectivity index (χ3v) is 5.88. The Morgan fingerprint density at radius 3 is 2.57 bits per heavy atom. The number of nitrogens with one attached hydrogen (secondary N) is 2. The minimum atomic E-state index is -0.487. The molecule has 0 fully saturated rings. The molecule has 1 aliphatic heterocycles. The Kier molecular flexibility index (Phi) is 4.20. The maximum absolute atomic E-state index is 14.4. The average Bonchev–Trinajstić information content (AvgIpc) is 3.15. The van der Waals surface area contributed by atoms with E-state index in [1.54, 1.807) is 18.3 Å². The molecule has 2 unspecified atom stereocenters. The molecule has 4 aromatic rings. The van der Waals surface area contributed by atoms with Gasteiger partial charge in [0.1, 0.15) is 17.5 Å². The van der Waals surface area contributed by atoms with Crippen molar-refractivity contribution in [3.8, 4) is 0 Å². The molecule has 2 aromatic carbocycles. The van der Waals surface area contributed by atoms with E-state index in [9.17, 15) is 13.6 Å². The highest BCUT2D eigenvalue weighted by atomic mass is 19.1. The van der Waals surface area contributed by atoms with Crippen LogP contribution in [0.1, 0.15) is 41.5 Å². The van der Waals surface area contributed by atoms with Crippen molar-refractivity contribution in [2.24, 2.45) is 7.05 Å². The lowest BCUT2D eigenvalue weighted by molar-refractivity contribution is 0.589. The maximum Gasteiger partial charge on any atom is 0.256 e. The summed E-state index contributed by atoms with van der Waals surface area (Å²) >= 11 is 0. The summed E-state index contributed by atoms with van der Waals surface area (Å²) in [5, 5.41) is 4.43. The number of aromatic amines is 1. The van der Waals surface area contributed by atoms with Crippen LogP contribution in [0.2, 0.25) is 0 Å². The summed E-state index contributed by atoms with van der Waals surface area (Å²) in [6.07, 6.45) is 4.20. The highest BCUT2D eigenvalue weighted by Crippen LogP contribution is 2.48. The van der Waals surface area contributed by atoms with Gasteiger partial charge in [0.25, 0.3) is 5.56 Å². The molecule has 2 aromatic heterocycles. The largest absolute Gasteiger partial charge is 0.377 e. The molecule has 0 spiro atoms. The molecule has 0 aliphatic carbocycles. The zero-order valence-electron chi connectivity index (χ0n) is 16.5. The van der Waals surface area contributed by atoms with Crippen molar-refractivity contribution in [3.63, 3.8) is 0 Å². The number of aryl methyl sites for hydroxylation is 2. The zero-order valence-corrected chi connectivity index (χ0v) is 16.5. The molecule has 30 heavy (non-hydrogen) atoms. The predicted molar refractivity (Wildman–Crippen MR) is 112 cm³/mol. The summed E-state index contributed by atoms with van der Waals surface area (Å²) in [7, 11) is 1.92. The van der Waals surface area contributed by atoms with E-state index in [0.717, 1.165) is 22.6 Å². The van der Waals surface area contributed by atoms with Crippen molar-refractivity contribution in [2.75, 3.05) is 5.32 Å². The molecule has 0 radical (unpaired) electrons. The summed E-state index contributed by atoms with van der Waals surface area (Å²) in [6, 6.07) is 8.64. The van der Waals surface area contributed by atoms with Crippen LogP contribution in [0.15, 0.2) is 53.6 Å². The summed E-state index contributed by atoms with van der Waals surface area (Å²) in [4.78, 5) is 20.2. The van der Waals surface area contributed by atoms with Gasteiger partial charge in [-0.2, -0.15) is 0 Å². The Balaban J connectivity index is 1.88. The average molecular weight is 406 g/mol. The third kappa shape index (κ3) is 2.73. The molecule has 2 N–H and O–H groups in total. The number of hydrogen-bond acceptors (Lipinski definition) is 3. The van der Waals surface area contributed by atoms with Gasteiger partial charge >= 0.3 is 0 Å². The molecule has 5 rings (SSSR count). The molecule has 2 atom stereocenters. The van der Waals surface area contributed by atoms with E-state index in [1.165, 1.54) is 24.3 Å². The van der Waals surface area contributed by atoms with E-state index in [0.29, 0.717) is 22.9 Å². The summed E-state index contributed by atoms with van der Waals surface area (Å²) < 4.78 is 29.9. The molecule has 1 aliphatic rings. The molecular weight excluding hydrogens is 386 g/mol. The molecule has 7 heteroatoms. The van der Waals surface area contributed by atoms with Crippen LogP contribution in [-0.4, -0.2) is 14.5 Å². The lowest BCUT2D eigenvalue weighted by Crippen LogP contribution is -2.30. The monoisotopic (exact) mass is 406 g/mol. The van der Waals surface area contributed by atoms with Gasteiger partial charge in [0, 0.05) is 36.2 Å². The van der Waals surface area contributed by atoms with Gasteiger partial charge in [-0.3, -0.25) is 4.79 Å². The van der Waals surface area contributed by atoms with E-state index >= 15 is 0 Å².